The maximum atomic E-state index is 13.6. The molecule has 27 heavy (non-hydrogen) atoms. The number of para-hydroxylation sites is 1. The van der Waals surface area contributed by atoms with Crippen molar-refractivity contribution in [2.45, 2.75) is 6.73 Å². The first-order valence-electron chi connectivity index (χ1n) is 8.40. The number of rotatable bonds is 5. The Morgan fingerprint density at radius 2 is 1.78 bits per heavy atom. The van der Waals surface area contributed by atoms with Crippen molar-refractivity contribution in [3.8, 4) is 5.75 Å². The fraction of sp³-hybridized carbons (Fsp3) is 0.0476. The van der Waals surface area contributed by atoms with E-state index in [2.05, 4.69) is 10.4 Å². The first-order chi connectivity index (χ1) is 13.2. The Hall–Kier alpha value is -3.67. The van der Waals surface area contributed by atoms with Gasteiger partial charge < -0.3 is 10.1 Å². The zero-order valence-electron chi connectivity index (χ0n) is 14.3. The predicted molar refractivity (Wildman–Crippen MR) is 101 cm³/mol. The highest BCUT2D eigenvalue weighted by Gasteiger charge is 2.11. The summed E-state index contributed by atoms with van der Waals surface area (Å²) >= 11 is 0. The fourth-order valence-electron chi connectivity index (χ4n) is 2.71. The van der Waals surface area contributed by atoms with Crippen LogP contribution in [0.5, 0.6) is 5.75 Å². The predicted octanol–water partition coefficient (Wildman–Crippen LogP) is 4.46. The molecule has 134 valence electrons. The van der Waals surface area contributed by atoms with Gasteiger partial charge in [-0.25, -0.2) is 9.07 Å². The van der Waals surface area contributed by atoms with Crippen molar-refractivity contribution in [1.82, 2.24) is 9.78 Å². The molecule has 5 nitrogen and oxygen atoms in total. The minimum Gasteiger partial charge on any atom is -0.468 e. The van der Waals surface area contributed by atoms with E-state index in [1.807, 2.05) is 42.5 Å². The van der Waals surface area contributed by atoms with Gasteiger partial charge in [0.05, 0.1) is 0 Å². The summed E-state index contributed by atoms with van der Waals surface area (Å²) in [6.45, 7) is 0.00415. The molecule has 0 fully saturated rings. The maximum Gasteiger partial charge on any atom is 0.276 e. The van der Waals surface area contributed by atoms with Crippen molar-refractivity contribution in [3.63, 3.8) is 0 Å². The first-order valence-corrected chi connectivity index (χ1v) is 8.40. The number of anilines is 1. The lowest BCUT2D eigenvalue weighted by Crippen LogP contribution is -2.14. The van der Waals surface area contributed by atoms with Crippen molar-refractivity contribution in [2.24, 2.45) is 0 Å². The molecule has 4 aromatic rings. The molecule has 1 amide bonds. The van der Waals surface area contributed by atoms with Gasteiger partial charge in [0.15, 0.2) is 24.0 Å². The minimum atomic E-state index is -0.445. The summed E-state index contributed by atoms with van der Waals surface area (Å²) in [6, 6.07) is 21.3. The largest absolute Gasteiger partial charge is 0.468 e. The lowest BCUT2D eigenvalue weighted by atomic mass is 10.1. The molecular formula is C21H16FN3O2. The van der Waals surface area contributed by atoms with Crippen LogP contribution in [-0.4, -0.2) is 15.7 Å². The number of halogens is 1. The highest BCUT2D eigenvalue weighted by atomic mass is 19.1. The third-order valence-electron chi connectivity index (χ3n) is 4.07. The summed E-state index contributed by atoms with van der Waals surface area (Å²) in [5.41, 5.74) is 0.941. The van der Waals surface area contributed by atoms with Gasteiger partial charge in [-0.05, 0) is 41.1 Å². The average Bonchev–Trinajstić information content (AvgIpc) is 3.16. The van der Waals surface area contributed by atoms with E-state index in [0.29, 0.717) is 5.69 Å². The van der Waals surface area contributed by atoms with Gasteiger partial charge in [-0.3, -0.25) is 4.79 Å². The van der Waals surface area contributed by atoms with Gasteiger partial charge >= 0.3 is 0 Å². The van der Waals surface area contributed by atoms with E-state index in [-0.39, 0.29) is 24.1 Å². The molecule has 4 rings (SSSR count). The van der Waals surface area contributed by atoms with E-state index in [4.69, 9.17) is 4.74 Å². The van der Waals surface area contributed by atoms with Crippen molar-refractivity contribution in [1.29, 1.82) is 0 Å². The third-order valence-corrected chi connectivity index (χ3v) is 4.07. The molecule has 0 bridgehead atoms. The van der Waals surface area contributed by atoms with Gasteiger partial charge in [0.2, 0.25) is 0 Å². The normalized spacial score (nSPS) is 10.7. The second-order valence-electron chi connectivity index (χ2n) is 5.96. The molecule has 0 unspecified atom stereocenters. The number of benzene rings is 3. The molecule has 0 radical (unpaired) electrons. The summed E-state index contributed by atoms with van der Waals surface area (Å²) in [6.07, 6.45) is 1.61. The minimum absolute atomic E-state index is 0.00415. The number of carbonyl (C=O) groups is 1. The van der Waals surface area contributed by atoms with Crippen LogP contribution in [-0.2, 0) is 6.73 Å². The summed E-state index contributed by atoms with van der Waals surface area (Å²) in [4.78, 5) is 12.4. The summed E-state index contributed by atoms with van der Waals surface area (Å²) in [5, 5.41) is 9.14. The second-order valence-corrected chi connectivity index (χ2v) is 5.96. The number of ether oxygens (including phenoxy) is 1. The number of carbonyl (C=O) groups excluding carboxylic acids is 1. The van der Waals surface area contributed by atoms with Crippen LogP contribution in [0.25, 0.3) is 10.8 Å². The van der Waals surface area contributed by atoms with E-state index >= 15 is 0 Å². The summed E-state index contributed by atoms with van der Waals surface area (Å²) < 4.78 is 20.4. The zero-order valence-corrected chi connectivity index (χ0v) is 14.3. The van der Waals surface area contributed by atoms with Crippen LogP contribution in [0.2, 0.25) is 0 Å². The number of nitrogens with zero attached hydrogens (tertiary/aromatic N) is 2. The quantitative estimate of drug-likeness (QED) is 0.571. The van der Waals surface area contributed by atoms with Crippen LogP contribution >= 0.6 is 0 Å². The Morgan fingerprint density at radius 1 is 1.00 bits per heavy atom. The summed E-state index contributed by atoms with van der Waals surface area (Å²) in [7, 11) is 0. The average molecular weight is 361 g/mol. The van der Waals surface area contributed by atoms with E-state index in [1.165, 1.54) is 16.8 Å². The highest BCUT2D eigenvalue weighted by molar-refractivity contribution is 6.03. The molecule has 0 spiro atoms. The Morgan fingerprint density at radius 3 is 2.63 bits per heavy atom. The Kier molecular flexibility index (Phi) is 4.53. The number of nitrogens with one attached hydrogen (secondary N) is 1. The molecule has 0 aliphatic carbocycles. The number of hydrogen-bond donors (Lipinski definition) is 1. The van der Waals surface area contributed by atoms with Crippen LogP contribution in [0, 0.1) is 5.82 Å². The van der Waals surface area contributed by atoms with Gasteiger partial charge in [-0.1, -0.05) is 42.5 Å². The first kappa shape index (κ1) is 16.8. The molecule has 0 aliphatic heterocycles. The summed E-state index contributed by atoms with van der Waals surface area (Å²) in [5.74, 6) is -0.635. The lowest BCUT2D eigenvalue weighted by Gasteiger charge is -2.07. The van der Waals surface area contributed by atoms with Gasteiger partial charge in [0.1, 0.15) is 0 Å². The van der Waals surface area contributed by atoms with Crippen LogP contribution in [0.1, 0.15) is 10.5 Å². The smallest absolute Gasteiger partial charge is 0.276 e. The Labute approximate surface area is 155 Å². The zero-order chi connectivity index (χ0) is 18.6. The van der Waals surface area contributed by atoms with Gasteiger partial charge in [-0.15, -0.1) is 0 Å². The van der Waals surface area contributed by atoms with E-state index in [9.17, 15) is 9.18 Å². The molecule has 0 saturated heterocycles. The number of hydrogen-bond acceptors (Lipinski definition) is 3. The lowest BCUT2D eigenvalue weighted by molar-refractivity contribution is 0.102. The maximum absolute atomic E-state index is 13.6. The van der Waals surface area contributed by atoms with Crippen molar-refractivity contribution in [2.75, 3.05) is 5.32 Å². The van der Waals surface area contributed by atoms with Gasteiger partial charge in [-0.2, -0.15) is 5.10 Å². The molecule has 6 heteroatoms. The Bertz CT molecular complexity index is 1110. The molecular weight excluding hydrogens is 345 g/mol. The molecule has 1 heterocycles. The van der Waals surface area contributed by atoms with Crippen LogP contribution in [0.3, 0.4) is 0 Å². The van der Waals surface area contributed by atoms with E-state index in [0.717, 1.165) is 10.8 Å². The standard InChI is InChI=1S/C21H16FN3O2/c22-18-7-3-4-8-20(18)27-14-25-12-11-19(24-25)21(26)23-17-10-9-15-5-1-2-6-16(15)13-17/h1-13H,14H2,(H,23,26). The monoisotopic (exact) mass is 361 g/mol. The molecule has 0 saturated carbocycles. The number of aromatic nitrogens is 2. The highest BCUT2D eigenvalue weighted by Crippen LogP contribution is 2.19. The Balaban J connectivity index is 1.42. The molecule has 0 atom stereocenters. The van der Waals surface area contributed by atoms with Crippen molar-refractivity contribution >= 4 is 22.4 Å². The number of amides is 1. The van der Waals surface area contributed by atoms with Gasteiger partial charge in [0.25, 0.3) is 5.91 Å². The van der Waals surface area contributed by atoms with E-state index < -0.39 is 5.82 Å². The molecule has 3 aromatic carbocycles. The topological polar surface area (TPSA) is 56.2 Å². The van der Waals surface area contributed by atoms with Gasteiger partial charge in [0, 0.05) is 11.9 Å². The van der Waals surface area contributed by atoms with Crippen LogP contribution < -0.4 is 10.1 Å². The van der Waals surface area contributed by atoms with Crippen molar-refractivity contribution in [3.05, 3.63) is 90.5 Å². The molecule has 0 aliphatic rings. The third kappa shape index (κ3) is 3.79. The number of fused-ring (bicyclic) bond motifs is 1. The SMILES string of the molecule is O=C(Nc1ccc2ccccc2c1)c1ccn(COc2ccccc2F)n1. The van der Waals surface area contributed by atoms with E-state index in [1.54, 1.807) is 24.4 Å². The second kappa shape index (κ2) is 7.29. The molecule has 1 aromatic heterocycles. The fourth-order valence-corrected chi connectivity index (χ4v) is 2.71. The molecule has 1 N–H and O–H groups in total. The van der Waals surface area contributed by atoms with Crippen molar-refractivity contribution < 1.29 is 13.9 Å². The van der Waals surface area contributed by atoms with Crippen LogP contribution in [0.4, 0.5) is 10.1 Å². The van der Waals surface area contributed by atoms with Crippen LogP contribution in [0.15, 0.2) is 79.0 Å².